The lowest BCUT2D eigenvalue weighted by molar-refractivity contribution is 0.0694. The summed E-state index contributed by atoms with van der Waals surface area (Å²) in [5, 5.41) is 13.2. The number of carboxylic acids is 1. The van der Waals surface area contributed by atoms with Gasteiger partial charge in [-0.05, 0) is 25.5 Å². The van der Waals surface area contributed by atoms with E-state index in [-0.39, 0.29) is 11.1 Å². The molecule has 2 heterocycles. The molecule has 19 heavy (non-hydrogen) atoms. The van der Waals surface area contributed by atoms with E-state index >= 15 is 0 Å². The third kappa shape index (κ3) is 2.57. The molecule has 6 nitrogen and oxygen atoms in total. The fourth-order valence-electron chi connectivity index (χ4n) is 2.16. The molecule has 0 atom stereocenters. The molecule has 2 aromatic heterocycles. The van der Waals surface area contributed by atoms with Crippen molar-refractivity contribution in [1.82, 2.24) is 14.3 Å². The molecule has 0 saturated carbocycles. The van der Waals surface area contributed by atoms with Crippen LogP contribution in [0.1, 0.15) is 21.6 Å². The second-order valence-corrected chi connectivity index (χ2v) is 4.35. The first-order valence-corrected chi connectivity index (χ1v) is 5.92. The highest BCUT2D eigenvalue weighted by Gasteiger charge is 2.15. The van der Waals surface area contributed by atoms with Crippen molar-refractivity contribution >= 4 is 5.97 Å². The van der Waals surface area contributed by atoms with Crippen molar-refractivity contribution in [2.45, 2.75) is 26.9 Å². The Morgan fingerprint density at radius 2 is 2.11 bits per heavy atom. The summed E-state index contributed by atoms with van der Waals surface area (Å²) in [7, 11) is 0. The lowest BCUT2D eigenvalue weighted by atomic mass is 10.1. The van der Waals surface area contributed by atoms with Crippen molar-refractivity contribution in [3.8, 4) is 0 Å². The number of carbonyl (C=O) groups is 1. The van der Waals surface area contributed by atoms with Crippen LogP contribution in [0.15, 0.2) is 29.3 Å². The van der Waals surface area contributed by atoms with Gasteiger partial charge in [-0.1, -0.05) is 0 Å². The van der Waals surface area contributed by atoms with Crippen molar-refractivity contribution in [2.24, 2.45) is 0 Å². The summed E-state index contributed by atoms with van der Waals surface area (Å²) in [6.45, 7) is 4.21. The maximum atomic E-state index is 11.9. The summed E-state index contributed by atoms with van der Waals surface area (Å²) < 4.78 is 3.17. The van der Waals surface area contributed by atoms with Gasteiger partial charge in [0.25, 0.3) is 5.56 Å². The van der Waals surface area contributed by atoms with Crippen LogP contribution in [0.25, 0.3) is 0 Å². The molecule has 0 saturated heterocycles. The van der Waals surface area contributed by atoms with E-state index < -0.39 is 5.97 Å². The minimum absolute atomic E-state index is 0.188. The summed E-state index contributed by atoms with van der Waals surface area (Å²) >= 11 is 0. The Balaban J connectivity index is 2.37. The van der Waals surface area contributed by atoms with E-state index in [4.69, 9.17) is 0 Å². The van der Waals surface area contributed by atoms with E-state index in [0.717, 1.165) is 0 Å². The van der Waals surface area contributed by atoms with Crippen molar-refractivity contribution < 1.29 is 9.90 Å². The van der Waals surface area contributed by atoms with Gasteiger partial charge in [0.05, 0.1) is 12.1 Å². The Morgan fingerprint density at radius 3 is 2.68 bits per heavy atom. The molecule has 0 radical (unpaired) electrons. The third-order valence-corrected chi connectivity index (χ3v) is 3.09. The smallest absolute Gasteiger partial charge is 0.337 e. The van der Waals surface area contributed by atoms with Crippen LogP contribution in [-0.2, 0) is 13.1 Å². The van der Waals surface area contributed by atoms with Gasteiger partial charge in [-0.15, -0.1) is 0 Å². The highest BCUT2D eigenvalue weighted by Crippen LogP contribution is 2.11. The van der Waals surface area contributed by atoms with Crippen LogP contribution >= 0.6 is 0 Å². The van der Waals surface area contributed by atoms with Gasteiger partial charge in [-0.2, -0.15) is 5.10 Å². The first-order chi connectivity index (χ1) is 9.00. The number of carboxylic acid groups (broad SMARTS) is 1. The summed E-state index contributed by atoms with van der Waals surface area (Å²) in [6, 6.07) is 3.16. The average molecular weight is 261 g/mol. The van der Waals surface area contributed by atoms with E-state index in [1.54, 1.807) is 37.0 Å². The van der Waals surface area contributed by atoms with Crippen molar-refractivity contribution in [2.75, 3.05) is 0 Å². The van der Waals surface area contributed by atoms with Gasteiger partial charge >= 0.3 is 5.97 Å². The van der Waals surface area contributed by atoms with Gasteiger partial charge in [-0.3, -0.25) is 9.48 Å². The molecule has 2 aromatic rings. The normalized spacial score (nSPS) is 10.6. The van der Waals surface area contributed by atoms with Gasteiger partial charge in [0.1, 0.15) is 0 Å². The number of aryl methyl sites for hydroxylation is 2. The standard InChI is InChI=1S/C13H15N3O3/c1-9-8-11(17)16(10(2)12(9)13(18)19)7-6-15-5-3-4-14-15/h3-5,8H,6-7H2,1-2H3,(H,18,19). The second-order valence-electron chi connectivity index (χ2n) is 4.35. The largest absolute Gasteiger partial charge is 0.478 e. The Morgan fingerprint density at radius 1 is 1.37 bits per heavy atom. The molecule has 0 fully saturated rings. The maximum Gasteiger partial charge on any atom is 0.337 e. The highest BCUT2D eigenvalue weighted by molar-refractivity contribution is 5.90. The number of nitrogens with zero attached hydrogens (tertiary/aromatic N) is 3. The van der Waals surface area contributed by atoms with Crippen LogP contribution in [0.3, 0.4) is 0 Å². The maximum absolute atomic E-state index is 11.9. The molecule has 0 amide bonds. The molecule has 0 aliphatic rings. The molecule has 0 aromatic carbocycles. The van der Waals surface area contributed by atoms with Gasteiger partial charge in [0.15, 0.2) is 0 Å². The van der Waals surface area contributed by atoms with Crippen LogP contribution in [0, 0.1) is 13.8 Å². The van der Waals surface area contributed by atoms with Gasteiger partial charge in [-0.25, -0.2) is 4.79 Å². The monoisotopic (exact) mass is 261 g/mol. The first-order valence-electron chi connectivity index (χ1n) is 5.92. The van der Waals surface area contributed by atoms with Crippen LogP contribution in [0.2, 0.25) is 0 Å². The lowest BCUT2D eigenvalue weighted by Gasteiger charge is -2.14. The van der Waals surface area contributed by atoms with E-state index in [1.165, 1.54) is 10.6 Å². The minimum Gasteiger partial charge on any atom is -0.478 e. The molecule has 1 N–H and O–H groups in total. The minimum atomic E-state index is -1.01. The number of hydrogen-bond donors (Lipinski definition) is 1. The van der Waals surface area contributed by atoms with Gasteiger partial charge in [0, 0.05) is 30.7 Å². The van der Waals surface area contributed by atoms with Crippen LogP contribution in [-0.4, -0.2) is 25.4 Å². The van der Waals surface area contributed by atoms with Crippen LogP contribution < -0.4 is 5.56 Å². The molecule has 100 valence electrons. The Kier molecular flexibility index (Phi) is 3.50. The van der Waals surface area contributed by atoms with Gasteiger partial charge < -0.3 is 9.67 Å². The summed E-state index contributed by atoms with van der Waals surface area (Å²) in [5.41, 5.74) is 0.974. The first kappa shape index (κ1) is 13.1. The molecule has 0 unspecified atom stereocenters. The summed E-state index contributed by atoms with van der Waals surface area (Å²) in [6.07, 6.45) is 3.46. The number of aromatic carboxylic acids is 1. The third-order valence-electron chi connectivity index (χ3n) is 3.09. The topological polar surface area (TPSA) is 77.1 Å². The molecule has 0 aliphatic carbocycles. The predicted molar refractivity (Wildman–Crippen MR) is 69.4 cm³/mol. The molecule has 0 aliphatic heterocycles. The Hall–Kier alpha value is -2.37. The van der Waals surface area contributed by atoms with Crippen LogP contribution in [0.5, 0.6) is 0 Å². The second kappa shape index (κ2) is 5.09. The van der Waals surface area contributed by atoms with Gasteiger partial charge in [0.2, 0.25) is 0 Å². The zero-order chi connectivity index (χ0) is 14.0. The summed E-state index contributed by atoms with van der Waals surface area (Å²) in [5.74, 6) is -1.01. The highest BCUT2D eigenvalue weighted by atomic mass is 16.4. The van der Waals surface area contributed by atoms with Crippen molar-refractivity contribution in [3.63, 3.8) is 0 Å². The molecule has 0 spiro atoms. The zero-order valence-electron chi connectivity index (χ0n) is 10.8. The molecule has 2 rings (SSSR count). The number of pyridine rings is 1. The van der Waals surface area contributed by atoms with E-state index in [9.17, 15) is 14.7 Å². The Bertz CT molecular complexity index is 657. The van der Waals surface area contributed by atoms with E-state index in [1.807, 2.05) is 0 Å². The summed E-state index contributed by atoms with van der Waals surface area (Å²) in [4.78, 5) is 23.1. The number of hydrogen-bond acceptors (Lipinski definition) is 3. The quantitative estimate of drug-likeness (QED) is 0.892. The molecule has 0 bridgehead atoms. The predicted octanol–water partition coefficient (Wildman–Crippen LogP) is 1.06. The molecule has 6 heteroatoms. The number of aromatic nitrogens is 3. The van der Waals surface area contributed by atoms with E-state index in [0.29, 0.717) is 24.3 Å². The fraction of sp³-hybridized carbons (Fsp3) is 0.308. The Labute approximate surface area is 109 Å². The van der Waals surface area contributed by atoms with Crippen LogP contribution in [0.4, 0.5) is 0 Å². The van der Waals surface area contributed by atoms with E-state index in [2.05, 4.69) is 5.10 Å². The molecular formula is C13H15N3O3. The van der Waals surface area contributed by atoms with Crippen molar-refractivity contribution in [3.05, 3.63) is 51.7 Å². The van der Waals surface area contributed by atoms with Crippen molar-refractivity contribution in [1.29, 1.82) is 0 Å². The SMILES string of the molecule is Cc1cc(=O)n(CCn2cccn2)c(C)c1C(=O)O. The fourth-order valence-corrected chi connectivity index (χ4v) is 2.16. The number of rotatable bonds is 4. The molecular weight excluding hydrogens is 246 g/mol. The average Bonchev–Trinajstić information content (AvgIpc) is 2.80. The zero-order valence-corrected chi connectivity index (χ0v) is 10.8. The lowest BCUT2D eigenvalue weighted by Crippen LogP contribution is -2.27.